The van der Waals surface area contributed by atoms with Gasteiger partial charge < -0.3 is 14.9 Å². The Morgan fingerprint density at radius 1 is 1.18 bits per heavy atom. The second-order valence-corrected chi connectivity index (χ2v) is 6.27. The number of ether oxygens (including phenoxy) is 1. The van der Waals surface area contributed by atoms with Crippen LogP contribution in [-0.4, -0.2) is 33.0 Å². The fourth-order valence-corrected chi connectivity index (χ4v) is 4.62. The molecule has 0 aromatic rings. The Morgan fingerprint density at radius 2 is 1.76 bits per heavy atom. The van der Waals surface area contributed by atoms with Crippen LogP contribution in [0.4, 0.5) is 0 Å². The third-order valence-corrected chi connectivity index (χ3v) is 4.44. The van der Waals surface area contributed by atoms with Gasteiger partial charge in [0.1, 0.15) is 5.60 Å². The van der Waals surface area contributed by atoms with Gasteiger partial charge in [0, 0.05) is 25.3 Å². The number of hydrogen-bond acceptors (Lipinski definition) is 4. The van der Waals surface area contributed by atoms with Gasteiger partial charge in [0.15, 0.2) is 0 Å². The van der Waals surface area contributed by atoms with Gasteiger partial charge in [-0.1, -0.05) is 6.58 Å². The highest BCUT2D eigenvalue weighted by Crippen LogP contribution is 2.60. The molecule has 4 aliphatic rings. The van der Waals surface area contributed by atoms with Gasteiger partial charge in [0.25, 0.3) is 0 Å². The Bertz CT molecular complexity index is 371. The van der Waals surface area contributed by atoms with Crippen LogP contribution in [0.15, 0.2) is 12.7 Å². The van der Waals surface area contributed by atoms with Crippen LogP contribution in [0.5, 0.6) is 0 Å². The summed E-state index contributed by atoms with van der Waals surface area (Å²) in [5.41, 5.74) is -2.38. The molecule has 2 N–H and O–H groups in total. The lowest BCUT2D eigenvalue weighted by Crippen LogP contribution is -2.66. The highest BCUT2D eigenvalue weighted by molar-refractivity contribution is 5.81. The summed E-state index contributed by atoms with van der Waals surface area (Å²) in [7, 11) is 0. The van der Waals surface area contributed by atoms with Crippen molar-refractivity contribution in [1.82, 2.24) is 0 Å². The lowest BCUT2D eigenvalue weighted by molar-refractivity contribution is -0.259. The van der Waals surface area contributed by atoms with Crippen molar-refractivity contribution in [3.63, 3.8) is 0 Å². The molecule has 4 rings (SSSR count). The van der Waals surface area contributed by atoms with Crippen LogP contribution in [0.1, 0.15) is 38.5 Å². The monoisotopic (exact) mass is 238 g/mol. The first-order valence-electron chi connectivity index (χ1n) is 6.16. The topological polar surface area (TPSA) is 66.8 Å². The molecule has 4 nitrogen and oxygen atoms in total. The predicted octanol–water partition coefficient (Wildman–Crippen LogP) is 0.914. The van der Waals surface area contributed by atoms with E-state index in [2.05, 4.69) is 6.58 Å². The van der Waals surface area contributed by atoms with Gasteiger partial charge in [-0.05, 0) is 25.2 Å². The number of carbonyl (C=O) groups is 1. The number of rotatable bonds is 2. The van der Waals surface area contributed by atoms with E-state index in [0.29, 0.717) is 19.3 Å². The second-order valence-electron chi connectivity index (χ2n) is 6.27. The fraction of sp³-hybridized carbons (Fsp3) is 0.769. The highest BCUT2D eigenvalue weighted by atomic mass is 16.6. The Labute approximate surface area is 100 Å². The lowest BCUT2D eigenvalue weighted by atomic mass is 9.50. The van der Waals surface area contributed by atoms with Crippen molar-refractivity contribution in [2.45, 2.75) is 55.3 Å². The zero-order chi connectivity index (χ0) is 12.3. The molecule has 0 radical (unpaired) electrons. The first-order valence-corrected chi connectivity index (χ1v) is 6.16. The lowest BCUT2D eigenvalue weighted by Gasteiger charge is -2.62. The summed E-state index contributed by atoms with van der Waals surface area (Å²) in [5, 5.41) is 20.9. The summed E-state index contributed by atoms with van der Waals surface area (Å²) in [6, 6.07) is 0. The minimum Gasteiger partial charge on any atom is -0.456 e. The Balaban J connectivity index is 1.92. The highest BCUT2D eigenvalue weighted by Gasteiger charge is 2.64. The third kappa shape index (κ3) is 1.70. The van der Waals surface area contributed by atoms with Gasteiger partial charge in [-0.15, -0.1) is 0 Å². The van der Waals surface area contributed by atoms with E-state index < -0.39 is 22.8 Å². The molecule has 0 aromatic carbocycles. The maximum absolute atomic E-state index is 11.4. The van der Waals surface area contributed by atoms with E-state index in [1.54, 1.807) is 0 Å². The molecule has 4 bridgehead atoms. The normalized spacial score (nSPS) is 51.3. The molecule has 4 saturated carbocycles. The van der Waals surface area contributed by atoms with Crippen molar-refractivity contribution < 1.29 is 19.7 Å². The van der Waals surface area contributed by atoms with Crippen LogP contribution in [0.25, 0.3) is 0 Å². The Hall–Kier alpha value is -0.870. The molecule has 94 valence electrons. The van der Waals surface area contributed by atoms with Crippen LogP contribution in [0, 0.1) is 5.92 Å². The van der Waals surface area contributed by atoms with Crippen molar-refractivity contribution >= 4 is 5.97 Å². The zero-order valence-electron chi connectivity index (χ0n) is 9.82. The van der Waals surface area contributed by atoms with Gasteiger partial charge in [-0.3, -0.25) is 0 Å². The summed E-state index contributed by atoms with van der Waals surface area (Å²) in [5.74, 6) is -0.196. The van der Waals surface area contributed by atoms with Crippen molar-refractivity contribution in [1.29, 1.82) is 0 Å². The molecule has 17 heavy (non-hydrogen) atoms. The van der Waals surface area contributed by atoms with Crippen LogP contribution >= 0.6 is 0 Å². The quantitative estimate of drug-likeness (QED) is 0.554. The molecule has 0 saturated heterocycles. The number of aliphatic hydroxyl groups is 2. The van der Waals surface area contributed by atoms with E-state index in [4.69, 9.17) is 4.74 Å². The first-order chi connectivity index (χ1) is 7.86. The van der Waals surface area contributed by atoms with Crippen LogP contribution in [0.2, 0.25) is 0 Å². The Kier molecular flexibility index (Phi) is 2.06. The van der Waals surface area contributed by atoms with Crippen molar-refractivity contribution in [2.24, 2.45) is 5.92 Å². The molecule has 2 unspecified atom stereocenters. The van der Waals surface area contributed by atoms with Crippen LogP contribution in [0.3, 0.4) is 0 Å². The van der Waals surface area contributed by atoms with E-state index in [9.17, 15) is 15.0 Å². The zero-order valence-corrected chi connectivity index (χ0v) is 9.82. The number of carbonyl (C=O) groups excluding carboxylic acids is 1. The molecule has 4 aliphatic carbocycles. The molecule has 0 amide bonds. The molecule has 4 heteroatoms. The van der Waals surface area contributed by atoms with Gasteiger partial charge in [-0.2, -0.15) is 0 Å². The maximum atomic E-state index is 11.4. The first kappa shape index (κ1) is 11.2. The molecule has 4 fully saturated rings. The smallest absolute Gasteiger partial charge is 0.330 e. The average Bonchev–Trinajstić information content (AvgIpc) is 2.10. The molecule has 2 atom stereocenters. The van der Waals surface area contributed by atoms with Gasteiger partial charge in [-0.25, -0.2) is 4.79 Å². The summed E-state index contributed by atoms with van der Waals surface area (Å²) < 4.78 is 5.45. The van der Waals surface area contributed by atoms with Crippen molar-refractivity contribution in [2.75, 3.05) is 0 Å². The number of esters is 1. The summed E-state index contributed by atoms with van der Waals surface area (Å²) in [6.45, 7) is 3.39. The molecule has 0 aliphatic heterocycles. The van der Waals surface area contributed by atoms with E-state index in [-0.39, 0.29) is 5.92 Å². The van der Waals surface area contributed by atoms with Crippen LogP contribution < -0.4 is 0 Å². The summed E-state index contributed by atoms with van der Waals surface area (Å²) in [6.07, 6.45) is 4.69. The fourth-order valence-electron chi connectivity index (χ4n) is 4.62. The van der Waals surface area contributed by atoms with Gasteiger partial charge in [0.05, 0.1) is 11.2 Å². The number of hydrogen-bond donors (Lipinski definition) is 2. The van der Waals surface area contributed by atoms with Gasteiger partial charge in [0.2, 0.25) is 0 Å². The van der Waals surface area contributed by atoms with Crippen molar-refractivity contribution in [3.8, 4) is 0 Å². The minimum absolute atomic E-state index is 0.263. The van der Waals surface area contributed by atoms with E-state index in [1.807, 2.05) is 0 Å². The standard InChI is InChI=1S/C13H18O4/c1-2-10(14)17-13-5-9-3-11(15,7-13)6-12(16,4-9)8-13/h2,9,15-16H,1,3-8H2. The van der Waals surface area contributed by atoms with E-state index in [0.717, 1.165) is 25.3 Å². The van der Waals surface area contributed by atoms with Crippen molar-refractivity contribution in [3.05, 3.63) is 12.7 Å². The average molecular weight is 238 g/mol. The second kappa shape index (κ2) is 3.12. The third-order valence-electron chi connectivity index (χ3n) is 4.44. The maximum Gasteiger partial charge on any atom is 0.330 e. The minimum atomic E-state index is -0.852. The summed E-state index contributed by atoms with van der Waals surface area (Å²) >= 11 is 0. The summed E-state index contributed by atoms with van der Waals surface area (Å²) in [4.78, 5) is 11.4. The van der Waals surface area contributed by atoms with Crippen LogP contribution in [-0.2, 0) is 9.53 Å². The predicted molar refractivity (Wildman–Crippen MR) is 60.1 cm³/mol. The molecule has 0 aromatic heterocycles. The van der Waals surface area contributed by atoms with E-state index in [1.165, 1.54) is 0 Å². The molecular formula is C13H18O4. The molecular weight excluding hydrogens is 220 g/mol. The SMILES string of the molecule is C=CC(=O)OC12CC3CC(O)(CC(O)(C3)C1)C2. The Morgan fingerprint density at radius 3 is 2.24 bits per heavy atom. The van der Waals surface area contributed by atoms with Gasteiger partial charge >= 0.3 is 5.97 Å². The largest absolute Gasteiger partial charge is 0.456 e. The molecule has 0 spiro atoms. The molecule has 0 heterocycles. The van der Waals surface area contributed by atoms with E-state index >= 15 is 0 Å².